The van der Waals surface area contributed by atoms with Crippen LogP contribution in [-0.4, -0.2) is 33.9 Å². The quantitative estimate of drug-likeness (QED) is 0.782. The standard InChI is InChI=1S/C19H21N3O/c1-3-22(4-2)18(23)13-14-10-11-16-17(12-14)21-19(20-16)15-8-6-5-7-9-15/h5-12H,3-4,13H2,1-2H3,(H,20,21). The Morgan fingerprint density at radius 2 is 1.83 bits per heavy atom. The van der Waals surface area contributed by atoms with Crippen molar-refractivity contribution >= 4 is 16.9 Å². The minimum Gasteiger partial charge on any atom is -0.343 e. The summed E-state index contributed by atoms with van der Waals surface area (Å²) in [5, 5.41) is 0. The lowest BCUT2D eigenvalue weighted by Crippen LogP contribution is -2.31. The molecule has 0 spiro atoms. The highest BCUT2D eigenvalue weighted by Gasteiger charge is 2.12. The van der Waals surface area contributed by atoms with Crippen LogP contribution in [0.3, 0.4) is 0 Å². The number of aromatic nitrogens is 2. The maximum atomic E-state index is 12.2. The van der Waals surface area contributed by atoms with Crippen LogP contribution in [0, 0.1) is 0 Å². The third kappa shape index (κ3) is 3.26. The average Bonchev–Trinajstić information content (AvgIpc) is 3.00. The molecule has 0 aliphatic heterocycles. The van der Waals surface area contributed by atoms with Gasteiger partial charge in [0.25, 0.3) is 0 Å². The van der Waals surface area contributed by atoms with Crippen molar-refractivity contribution < 1.29 is 4.79 Å². The van der Waals surface area contributed by atoms with Crippen LogP contribution in [0.2, 0.25) is 0 Å². The van der Waals surface area contributed by atoms with E-state index >= 15 is 0 Å². The summed E-state index contributed by atoms with van der Waals surface area (Å²) < 4.78 is 0. The molecule has 1 N–H and O–H groups in total. The van der Waals surface area contributed by atoms with Crippen molar-refractivity contribution in [3.05, 3.63) is 54.1 Å². The molecule has 0 unspecified atom stereocenters. The molecule has 0 fully saturated rings. The number of H-pyrrole nitrogens is 1. The van der Waals surface area contributed by atoms with E-state index in [0.29, 0.717) is 6.42 Å². The monoisotopic (exact) mass is 307 g/mol. The summed E-state index contributed by atoms with van der Waals surface area (Å²) in [5.41, 5.74) is 3.96. The lowest BCUT2D eigenvalue weighted by molar-refractivity contribution is -0.130. The number of likely N-dealkylation sites (N-methyl/N-ethyl adjacent to an activating group) is 1. The fourth-order valence-corrected chi connectivity index (χ4v) is 2.76. The van der Waals surface area contributed by atoms with Crippen LogP contribution in [0.4, 0.5) is 0 Å². The van der Waals surface area contributed by atoms with Gasteiger partial charge in [-0.05, 0) is 31.5 Å². The van der Waals surface area contributed by atoms with E-state index in [1.807, 2.05) is 67.3 Å². The van der Waals surface area contributed by atoms with Gasteiger partial charge in [0.1, 0.15) is 5.82 Å². The normalized spacial score (nSPS) is 10.9. The minimum atomic E-state index is 0.164. The number of hydrogen-bond acceptors (Lipinski definition) is 2. The second-order valence-electron chi connectivity index (χ2n) is 5.55. The van der Waals surface area contributed by atoms with E-state index in [1.165, 1.54) is 0 Å². The number of hydrogen-bond donors (Lipinski definition) is 1. The third-order valence-corrected chi connectivity index (χ3v) is 4.07. The van der Waals surface area contributed by atoms with Gasteiger partial charge in [0.15, 0.2) is 0 Å². The molecule has 1 amide bonds. The van der Waals surface area contributed by atoms with Gasteiger partial charge in [0.2, 0.25) is 5.91 Å². The lowest BCUT2D eigenvalue weighted by Gasteiger charge is -2.18. The number of amides is 1. The highest BCUT2D eigenvalue weighted by Crippen LogP contribution is 2.21. The topological polar surface area (TPSA) is 49.0 Å². The van der Waals surface area contributed by atoms with Crippen molar-refractivity contribution in [2.45, 2.75) is 20.3 Å². The van der Waals surface area contributed by atoms with Gasteiger partial charge in [-0.3, -0.25) is 4.79 Å². The van der Waals surface area contributed by atoms with E-state index in [2.05, 4.69) is 9.97 Å². The molecule has 0 saturated heterocycles. The first-order valence-electron chi connectivity index (χ1n) is 8.03. The molecule has 1 heterocycles. The molecule has 23 heavy (non-hydrogen) atoms. The predicted molar refractivity (Wildman–Crippen MR) is 93.2 cm³/mol. The maximum absolute atomic E-state index is 12.2. The molecular weight excluding hydrogens is 286 g/mol. The minimum absolute atomic E-state index is 0.164. The van der Waals surface area contributed by atoms with Crippen molar-refractivity contribution in [1.82, 2.24) is 14.9 Å². The summed E-state index contributed by atoms with van der Waals surface area (Å²) >= 11 is 0. The molecular formula is C19H21N3O. The number of aromatic amines is 1. The van der Waals surface area contributed by atoms with E-state index in [4.69, 9.17) is 0 Å². The number of rotatable bonds is 5. The van der Waals surface area contributed by atoms with Crippen molar-refractivity contribution in [3.63, 3.8) is 0 Å². The van der Waals surface area contributed by atoms with Gasteiger partial charge >= 0.3 is 0 Å². The van der Waals surface area contributed by atoms with Crippen LogP contribution in [0.5, 0.6) is 0 Å². The van der Waals surface area contributed by atoms with Crippen LogP contribution in [0.15, 0.2) is 48.5 Å². The van der Waals surface area contributed by atoms with Crippen LogP contribution in [0.1, 0.15) is 19.4 Å². The van der Waals surface area contributed by atoms with Gasteiger partial charge in [-0.1, -0.05) is 36.4 Å². The molecule has 1 aromatic heterocycles. The van der Waals surface area contributed by atoms with E-state index in [1.54, 1.807) is 0 Å². The van der Waals surface area contributed by atoms with Crippen molar-refractivity contribution in [3.8, 4) is 11.4 Å². The number of nitrogens with one attached hydrogen (secondary N) is 1. The van der Waals surface area contributed by atoms with Gasteiger partial charge in [0, 0.05) is 18.7 Å². The second kappa shape index (κ2) is 6.65. The smallest absolute Gasteiger partial charge is 0.226 e. The summed E-state index contributed by atoms with van der Waals surface area (Å²) in [6, 6.07) is 16.0. The molecule has 0 saturated carbocycles. The van der Waals surface area contributed by atoms with Crippen LogP contribution < -0.4 is 0 Å². The zero-order valence-electron chi connectivity index (χ0n) is 13.5. The average molecular weight is 307 g/mol. The molecule has 3 aromatic rings. The van der Waals surface area contributed by atoms with Gasteiger partial charge < -0.3 is 9.88 Å². The van der Waals surface area contributed by atoms with Crippen LogP contribution in [-0.2, 0) is 11.2 Å². The van der Waals surface area contributed by atoms with E-state index in [9.17, 15) is 4.79 Å². The highest BCUT2D eigenvalue weighted by molar-refractivity contribution is 5.83. The van der Waals surface area contributed by atoms with Crippen LogP contribution in [0.25, 0.3) is 22.4 Å². The van der Waals surface area contributed by atoms with Gasteiger partial charge in [0.05, 0.1) is 17.5 Å². The Labute approximate surface area is 136 Å². The Morgan fingerprint density at radius 1 is 1.09 bits per heavy atom. The number of nitrogens with zero attached hydrogens (tertiary/aromatic N) is 2. The Balaban J connectivity index is 1.86. The SMILES string of the molecule is CCN(CC)C(=O)Cc1ccc2nc(-c3ccccc3)[nH]c2c1. The van der Waals surface area contributed by atoms with Crippen molar-refractivity contribution in [2.75, 3.05) is 13.1 Å². The fraction of sp³-hybridized carbons (Fsp3) is 0.263. The molecule has 118 valence electrons. The number of fused-ring (bicyclic) bond motifs is 1. The molecule has 0 aliphatic carbocycles. The Bertz CT molecular complexity index is 804. The second-order valence-corrected chi connectivity index (χ2v) is 5.55. The lowest BCUT2D eigenvalue weighted by atomic mass is 10.1. The largest absolute Gasteiger partial charge is 0.343 e. The molecule has 2 aromatic carbocycles. The molecule has 0 radical (unpaired) electrons. The molecule has 0 bridgehead atoms. The number of carbonyl (C=O) groups excluding carboxylic acids is 1. The van der Waals surface area contributed by atoms with Gasteiger partial charge in [-0.15, -0.1) is 0 Å². The number of carbonyl (C=O) groups is 1. The maximum Gasteiger partial charge on any atom is 0.226 e. The van der Waals surface area contributed by atoms with Crippen molar-refractivity contribution in [1.29, 1.82) is 0 Å². The molecule has 4 heteroatoms. The van der Waals surface area contributed by atoms with Crippen molar-refractivity contribution in [2.24, 2.45) is 0 Å². The fourth-order valence-electron chi connectivity index (χ4n) is 2.76. The number of benzene rings is 2. The Hall–Kier alpha value is -2.62. The molecule has 4 nitrogen and oxygen atoms in total. The summed E-state index contributed by atoms with van der Waals surface area (Å²) in [6.07, 6.45) is 0.428. The molecule has 0 aliphatic rings. The Kier molecular flexibility index (Phi) is 4.42. The first-order chi connectivity index (χ1) is 11.2. The third-order valence-electron chi connectivity index (χ3n) is 4.07. The predicted octanol–water partition coefficient (Wildman–Crippen LogP) is 3.64. The van der Waals surface area contributed by atoms with E-state index in [0.717, 1.165) is 41.1 Å². The summed E-state index contributed by atoms with van der Waals surface area (Å²) in [6.45, 7) is 5.51. The summed E-state index contributed by atoms with van der Waals surface area (Å²) in [4.78, 5) is 22.1. The van der Waals surface area contributed by atoms with Gasteiger partial charge in [-0.2, -0.15) is 0 Å². The summed E-state index contributed by atoms with van der Waals surface area (Å²) in [7, 11) is 0. The van der Waals surface area contributed by atoms with E-state index < -0.39 is 0 Å². The summed E-state index contributed by atoms with van der Waals surface area (Å²) in [5.74, 6) is 1.02. The first kappa shape index (κ1) is 15.3. The van der Waals surface area contributed by atoms with Gasteiger partial charge in [-0.25, -0.2) is 4.98 Å². The zero-order valence-corrected chi connectivity index (χ0v) is 13.5. The Morgan fingerprint density at radius 3 is 2.52 bits per heavy atom. The van der Waals surface area contributed by atoms with E-state index in [-0.39, 0.29) is 5.91 Å². The zero-order chi connectivity index (χ0) is 16.2. The first-order valence-corrected chi connectivity index (χ1v) is 8.03. The van der Waals surface area contributed by atoms with Crippen LogP contribution >= 0.6 is 0 Å². The molecule has 0 atom stereocenters. The number of imidazole rings is 1. The highest BCUT2D eigenvalue weighted by atomic mass is 16.2. The molecule has 3 rings (SSSR count).